The quantitative estimate of drug-likeness (QED) is 0.108. The monoisotopic (exact) mass is 879 g/mol. The number of alkyl halides is 3. The molecule has 0 unspecified atom stereocenters. The first-order valence-electron chi connectivity index (χ1n) is 19.9. The lowest BCUT2D eigenvalue weighted by molar-refractivity contribution is -0.141. The zero-order valence-electron chi connectivity index (χ0n) is 33.7. The van der Waals surface area contributed by atoms with Crippen LogP contribution in [0.5, 0.6) is 5.88 Å². The minimum absolute atomic E-state index is 0.0493. The summed E-state index contributed by atoms with van der Waals surface area (Å²) in [4.78, 5) is 58.3. The summed E-state index contributed by atoms with van der Waals surface area (Å²) in [5, 5.41) is 8.41. The van der Waals surface area contributed by atoms with Gasteiger partial charge in [-0.2, -0.15) is 18.2 Å². The molecule has 14 nitrogen and oxygen atoms in total. The number of anilines is 1. The fourth-order valence-corrected chi connectivity index (χ4v) is 9.80. The summed E-state index contributed by atoms with van der Waals surface area (Å²) in [5.41, 5.74) is -1.13. The van der Waals surface area contributed by atoms with E-state index < -0.39 is 79.8 Å². The Hall–Kier alpha value is -5.56. The van der Waals surface area contributed by atoms with E-state index >= 15 is 0 Å². The molecular weight excluding hydrogens is 836 g/mol. The Morgan fingerprint density at radius 1 is 1.08 bits per heavy atom. The van der Waals surface area contributed by atoms with Gasteiger partial charge in [-0.15, -0.1) is 17.9 Å². The Balaban J connectivity index is 1.15. The zero-order chi connectivity index (χ0) is 43.6. The molecule has 5 aromatic rings. The van der Waals surface area contributed by atoms with Gasteiger partial charge < -0.3 is 24.7 Å². The number of carbonyl (C=O) groups excluding carboxylic acids is 3. The number of benzene rings is 2. The van der Waals surface area contributed by atoms with Crippen LogP contribution in [0, 0.1) is 11.3 Å². The van der Waals surface area contributed by atoms with E-state index in [1.54, 1.807) is 24.3 Å². The number of halogens is 3. The Morgan fingerprint density at radius 2 is 1.80 bits per heavy atom. The Bertz CT molecular complexity index is 2660. The average molecular weight is 880 g/mol. The number of rotatable bonds is 13. The molecule has 19 heteroatoms. The van der Waals surface area contributed by atoms with Gasteiger partial charge in [0, 0.05) is 28.7 Å². The van der Waals surface area contributed by atoms with Gasteiger partial charge in [-0.3, -0.25) is 19.1 Å². The maximum absolute atomic E-state index is 14.9. The number of thiazole rings is 1. The van der Waals surface area contributed by atoms with Gasteiger partial charge in [0.2, 0.25) is 27.4 Å². The molecule has 1 aliphatic heterocycles. The number of likely N-dealkylation sites (tertiary alicyclic amines) is 1. The third-order valence-corrected chi connectivity index (χ3v) is 14.0. The van der Waals surface area contributed by atoms with Gasteiger partial charge >= 0.3 is 6.18 Å². The van der Waals surface area contributed by atoms with Crippen molar-refractivity contribution in [3.05, 3.63) is 77.8 Å². The molecule has 0 bridgehead atoms. The zero-order valence-corrected chi connectivity index (χ0v) is 35.3. The minimum Gasteiger partial charge on any atom is -0.470 e. The van der Waals surface area contributed by atoms with Crippen LogP contribution in [0.4, 0.5) is 18.3 Å². The van der Waals surface area contributed by atoms with Crippen LogP contribution in [-0.4, -0.2) is 81.5 Å². The van der Waals surface area contributed by atoms with Gasteiger partial charge in [0.05, 0.1) is 23.1 Å². The minimum atomic E-state index is -4.56. The first kappa shape index (κ1) is 42.1. The molecule has 0 radical (unpaired) electrons. The molecule has 3 N–H and O–H groups in total. The summed E-state index contributed by atoms with van der Waals surface area (Å²) in [6.45, 7) is 11.2. The summed E-state index contributed by atoms with van der Waals surface area (Å²) < 4.78 is 80.9. The van der Waals surface area contributed by atoms with Crippen molar-refractivity contribution in [2.45, 2.75) is 95.0 Å². The largest absolute Gasteiger partial charge is 0.470 e. The molecule has 8 rings (SSSR count). The summed E-state index contributed by atoms with van der Waals surface area (Å²) in [6, 6.07) is 9.30. The van der Waals surface area contributed by atoms with Crippen LogP contribution >= 0.6 is 11.3 Å². The highest BCUT2D eigenvalue weighted by Crippen LogP contribution is 2.46. The van der Waals surface area contributed by atoms with Crippen molar-refractivity contribution < 1.29 is 45.1 Å². The number of nitrogens with zero attached hydrogens (tertiary/aromatic N) is 4. The number of carbonyl (C=O) groups is 3. The fourth-order valence-electron chi connectivity index (χ4n) is 7.61. The number of hydrogen-bond donors (Lipinski definition) is 3. The SMILES string of the molecule is C=C[C@@H]1C[C@]1(NC(=O)[C@@H]1C[C@@H](Oc2nc(-c3ccc(C(F)(F)F)cc3)nc3c2oc2ccccc23)CN1C(=O)[C@@H](Nc1nc(CC)cs1)C(C)(C)C)C(=O)NS(=O)(=O)C1CC1. The van der Waals surface area contributed by atoms with E-state index in [1.165, 1.54) is 34.4 Å². The van der Waals surface area contributed by atoms with Crippen LogP contribution in [0.2, 0.25) is 0 Å². The molecule has 5 atom stereocenters. The van der Waals surface area contributed by atoms with Gasteiger partial charge in [0.25, 0.3) is 11.8 Å². The van der Waals surface area contributed by atoms with Gasteiger partial charge in [0.1, 0.15) is 34.8 Å². The molecule has 3 aliphatic rings. The number of hydrogen-bond acceptors (Lipinski definition) is 12. The molecular formula is C42H44F3N7O7S2. The molecule has 4 heterocycles. The lowest BCUT2D eigenvalue weighted by Crippen LogP contribution is -2.58. The number of nitrogens with one attached hydrogen (secondary N) is 3. The van der Waals surface area contributed by atoms with E-state index in [0.29, 0.717) is 40.9 Å². The first-order valence-corrected chi connectivity index (χ1v) is 22.3. The Kier molecular flexibility index (Phi) is 10.6. The van der Waals surface area contributed by atoms with Gasteiger partial charge in [-0.05, 0) is 55.4 Å². The van der Waals surface area contributed by atoms with Gasteiger partial charge in [0.15, 0.2) is 11.0 Å². The van der Waals surface area contributed by atoms with Crippen LogP contribution in [0.1, 0.15) is 64.6 Å². The molecule has 3 amide bonds. The molecule has 3 fully saturated rings. The number of furan rings is 1. The normalized spacial score (nSPS) is 22.2. The van der Waals surface area contributed by atoms with E-state index in [9.17, 15) is 36.0 Å². The van der Waals surface area contributed by atoms with Crippen molar-refractivity contribution in [2.75, 3.05) is 11.9 Å². The summed E-state index contributed by atoms with van der Waals surface area (Å²) >= 11 is 1.34. The van der Waals surface area contributed by atoms with Crippen molar-refractivity contribution in [2.24, 2.45) is 11.3 Å². The van der Waals surface area contributed by atoms with Crippen LogP contribution in [-0.2, 0) is 37.0 Å². The van der Waals surface area contributed by atoms with Crippen molar-refractivity contribution in [1.82, 2.24) is 29.9 Å². The second kappa shape index (κ2) is 15.4. The number of aromatic nitrogens is 3. The molecule has 61 heavy (non-hydrogen) atoms. The van der Waals surface area contributed by atoms with Crippen LogP contribution in [0.3, 0.4) is 0 Å². The topological polar surface area (TPSA) is 186 Å². The number of amides is 3. The van der Waals surface area contributed by atoms with Crippen molar-refractivity contribution >= 4 is 66.3 Å². The number of fused-ring (bicyclic) bond motifs is 3. The van der Waals surface area contributed by atoms with E-state index in [4.69, 9.17) is 9.15 Å². The molecule has 0 spiro atoms. The number of sulfonamides is 1. The Labute approximate surface area is 353 Å². The maximum Gasteiger partial charge on any atom is 0.416 e. The highest BCUT2D eigenvalue weighted by atomic mass is 32.2. The second-order valence-electron chi connectivity index (χ2n) is 16.8. The van der Waals surface area contributed by atoms with Gasteiger partial charge in [-0.1, -0.05) is 58.0 Å². The van der Waals surface area contributed by atoms with Crippen LogP contribution in [0.25, 0.3) is 33.5 Å². The van der Waals surface area contributed by atoms with Crippen molar-refractivity contribution in [3.8, 4) is 17.3 Å². The third kappa shape index (κ3) is 8.28. The number of aryl methyl sites for hydroxylation is 1. The molecule has 2 saturated carbocycles. The van der Waals surface area contributed by atoms with Crippen molar-refractivity contribution in [1.29, 1.82) is 0 Å². The van der Waals surface area contributed by atoms with Gasteiger partial charge in [-0.25, -0.2) is 18.4 Å². The average Bonchev–Trinajstić information content (AvgIpc) is 4.05. The smallest absolute Gasteiger partial charge is 0.416 e. The summed E-state index contributed by atoms with van der Waals surface area (Å²) in [6.07, 6.45) is -2.44. The fraction of sp³-hybridized carbons (Fsp3) is 0.429. The van der Waals surface area contributed by atoms with E-state index in [1.807, 2.05) is 33.1 Å². The van der Waals surface area contributed by atoms with Crippen LogP contribution < -0.4 is 20.1 Å². The highest BCUT2D eigenvalue weighted by molar-refractivity contribution is 7.91. The first-order chi connectivity index (χ1) is 28.8. The molecule has 2 aliphatic carbocycles. The standard InChI is InChI=1S/C42H44F3N7O7S2/c1-6-23-19-41(23,38(55)51-61(56,57)27-16-17-27)50-35(53)29-18-26(20-52(29)37(54)33(40(3,4)5)48-39-46-25(7-2)21-60-39)58-36-32-31(28-10-8-9-11-30(28)59-32)47-34(49-36)22-12-14-24(15-13-22)42(43,44)45/h6,8-15,21,23,26-27,29,33H,1,7,16-20H2,2-5H3,(H,46,48)(H,50,53)(H,51,55)/t23-,26-,29+,33-,41-/m1/s1. The predicted octanol–water partition coefficient (Wildman–Crippen LogP) is 6.63. The summed E-state index contributed by atoms with van der Waals surface area (Å²) in [5.74, 6) is -2.63. The Morgan fingerprint density at radius 3 is 2.43 bits per heavy atom. The lowest BCUT2D eigenvalue weighted by Gasteiger charge is -2.35. The number of ether oxygens (including phenoxy) is 1. The van der Waals surface area contributed by atoms with E-state index in [2.05, 4.69) is 36.9 Å². The molecule has 1 saturated heterocycles. The van der Waals surface area contributed by atoms with E-state index in [-0.39, 0.29) is 42.2 Å². The second-order valence-corrected chi connectivity index (χ2v) is 19.6. The molecule has 2 aromatic carbocycles. The molecule has 3 aromatic heterocycles. The number of para-hydroxylation sites is 1. The summed E-state index contributed by atoms with van der Waals surface area (Å²) in [7, 11) is -3.96. The lowest BCUT2D eigenvalue weighted by atomic mass is 9.85. The highest BCUT2D eigenvalue weighted by Gasteiger charge is 2.62. The van der Waals surface area contributed by atoms with Crippen molar-refractivity contribution in [3.63, 3.8) is 0 Å². The van der Waals surface area contributed by atoms with E-state index in [0.717, 1.165) is 17.8 Å². The molecule has 322 valence electrons. The maximum atomic E-state index is 14.9. The predicted molar refractivity (Wildman–Crippen MR) is 222 cm³/mol. The third-order valence-electron chi connectivity index (χ3n) is 11.3. The van der Waals surface area contributed by atoms with Crippen LogP contribution in [0.15, 0.2) is 71.0 Å².